The average molecular weight is 934 g/mol. The van der Waals surface area contributed by atoms with Gasteiger partial charge >= 0.3 is 0 Å². The molecule has 0 aliphatic rings. The molecule has 0 fully saturated rings. The molecule has 1 heterocycles. The van der Waals surface area contributed by atoms with Crippen LogP contribution in [0.5, 0.6) is 0 Å². The molecule has 63 heavy (non-hydrogen) atoms. The SMILES string of the molecule is Clc1ccc2c(ccc[n+]2Cc2ccccc2)c1.Fc1c(F)c(F)c([B-](c2c(F)c(F)c(F)c(F)c2F)(c2c(F)c(F)c(F)c(F)c2F)c2c(F)c(F)c(F)c(F)c2F)c(F)c1F. The highest BCUT2D eigenvalue weighted by atomic mass is 35.5. The Balaban J connectivity index is 0.000000302. The third-order valence-electron chi connectivity index (χ3n) is 9.74. The standard InChI is InChI=1S/C24BF20.C16H13ClN/c26-5-1(6(27)14(35)21(42)13(5)34)25(2-7(28)15(36)22(43)16(37)8(2)29,3-9(30)17(38)23(44)18(39)10(3)31)4-11(32)19(40)24(45)20(41)12(4)33;17-15-8-9-16-14(11-15)7-4-10-18(16)12-13-5-2-1-3-6-13/h;1-11H,12H2/q-1;+1. The van der Waals surface area contributed by atoms with Gasteiger partial charge in [-0.05, 0) is 18.2 Å². The molecule has 7 aromatic rings. The van der Waals surface area contributed by atoms with Gasteiger partial charge in [0.15, 0.2) is 82.5 Å². The zero-order chi connectivity index (χ0) is 46.7. The van der Waals surface area contributed by atoms with Gasteiger partial charge in [-0.3, -0.25) is 0 Å². The number of rotatable bonds is 6. The van der Waals surface area contributed by atoms with E-state index < -0.39 is 144 Å². The van der Waals surface area contributed by atoms with Crippen molar-refractivity contribution in [1.29, 1.82) is 0 Å². The van der Waals surface area contributed by atoms with Gasteiger partial charge in [-0.1, -0.05) is 41.9 Å². The number of aromatic nitrogens is 1. The largest absolute Gasteiger partial charge is 0.212 e. The lowest BCUT2D eigenvalue weighted by Gasteiger charge is -2.44. The molecule has 23 heteroatoms. The molecular weight excluding hydrogens is 921 g/mol. The lowest BCUT2D eigenvalue weighted by atomic mass is 9.12. The van der Waals surface area contributed by atoms with Crippen LogP contribution in [0.25, 0.3) is 10.9 Å². The van der Waals surface area contributed by atoms with Crippen LogP contribution in [-0.4, -0.2) is 6.15 Å². The van der Waals surface area contributed by atoms with Crippen LogP contribution in [0.3, 0.4) is 0 Å². The summed E-state index contributed by atoms with van der Waals surface area (Å²) >= 11 is 6.02. The van der Waals surface area contributed by atoms with Gasteiger partial charge in [0, 0.05) is 28.1 Å². The number of pyridine rings is 1. The fourth-order valence-electron chi connectivity index (χ4n) is 7.04. The first-order valence-electron chi connectivity index (χ1n) is 16.9. The van der Waals surface area contributed by atoms with Crippen LogP contribution in [-0.2, 0) is 6.54 Å². The molecule has 0 atom stereocenters. The summed E-state index contributed by atoms with van der Waals surface area (Å²) in [5, 5.41) is 1.95. The van der Waals surface area contributed by atoms with Crippen LogP contribution in [0.4, 0.5) is 87.8 Å². The van der Waals surface area contributed by atoms with Crippen LogP contribution in [0.15, 0.2) is 66.9 Å². The minimum atomic E-state index is -7.22. The Morgan fingerprint density at radius 3 is 0.968 bits per heavy atom. The quantitative estimate of drug-likeness (QED) is 0.0515. The highest BCUT2D eigenvalue weighted by molar-refractivity contribution is 7.20. The molecule has 0 saturated carbocycles. The summed E-state index contributed by atoms with van der Waals surface area (Å²) in [4.78, 5) is 0. The van der Waals surface area contributed by atoms with Crippen LogP contribution >= 0.6 is 11.6 Å². The van der Waals surface area contributed by atoms with Crippen molar-refractivity contribution >= 4 is 50.5 Å². The molecule has 0 aliphatic heterocycles. The molecule has 0 bridgehead atoms. The Morgan fingerprint density at radius 1 is 0.349 bits per heavy atom. The molecule has 0 amide bonds. The van der Waals surface area contributed by atoms with Crippen LogP contribution < -0.4 is 26.4 Å². The van der Waals surface area contributed by atoms with Crippen molar-refractivity contribution < 1.29 is 92.4 Å². The first-order valence-corrected chi connectivity index (χ1v) is 17.3. The first-order chi connectivity index (χ1) is 29.5. The molecular formula is C40H13BClF20N. The molecule has 1 nitrogen and oxygen atoms in total. The lowest BCUT2D eigenvalue weighted by Crippen LogP contribution is -2.81. The smallest absolute Gasteiger partial charge is 0.207 e. The van der Waals surface area contributed by atoms with E-state index in [-0.39, 0.29) is 0 Å². The minimum absolute atomic E-state index is 0.778. The second kappa shape index (κ2) is 17.1. The van der Waals surface area contributed by atoms with E-state index in [1.165, 1.54) is 16.5 Å². The zero-order valence-electron chi connectivity index (χ0n) is 30.0. The maximum atomic E-state index is 15.4. The predicted molar refractivity (Wildman–Crippen MR) is 184 cm³/mol. The van der Waals surface area contributed by atoms with Crippen LogP contribution in [0, 0.1) is 116 Å². The molecule has 1 aromatic heterocycles. The fourth-order valence-corrected chi connectivity index (χ4v) is 7.22. The van der Waals surface area contributed by atoms with E-state index in [0.29, 0.717) is 0 Å². The van der Waals surface area contributed by atoms with Gasteiger partial charge in [0.25, 0.3) is 0 Å². The van der Waals surface area contributed by atoms with E-state index in [1.807, 2.05) is 18.2 Å². The van der Waals surface area contributed by atoms with Gasteiger partial charge in [0.05, 0.1) is 0 Å². The summed E-state index contributed by atoms with van der Waals surface area (Å²) < 4.78 is 296. The molecule has 6 aromatic carbocycles. The molecule has 7 rings (SSSR count). The normalized spacial score (nSPS) is 11.6. The second-order valence-corrected chi connectivity index (χ2v) is 13.6. The van der Waals surface area contributed by atoms with Crippen molar-refractivity contribution in [3.8, 4) is 0 Å². The second-order valence-electron chi connectivity index (χ2n) is 13.1. The average Bonchev–Trinajstić information content (AvgIpc) is 3.26. The number of hydrogen-bond acceptors (Lipinski definition) is 0. The van der Waals surface area contributed by atoms with Gasteiger partial charge in [0.1, 0.15) is 52.7 Å². The maximum absolute atomic E-state index is 15.4. The molecule has 0 aliphatic carbocycles. The van der Waals surface area contributed by atoms with E-state index in [0.717, 1.165) is 11.6 Å². The van der Waals surface area contributed by atoms with E-state index in [9.17, 15) is 52.7 Å². The van der Waals surface area contributed by atoms with Crippen molar-refractivity contribution in [3.05, 3.63) is 194 Å². The summed E-state index contributed by atoms with van der Waals surface area (Å²) in [6, 6.07) is 20.6. The Kier molecular flexibility index (Phi) is 12.5. The van der Waals surface area contributed by atoms with E-state index in [1.54, 1.807) is 0 Å². The Bertz CT molecular complexity index is 2620. The summed E-state index contributed by atoms with van der Waals surface area (Å²) in [5.74, 6) is -71.4. The summed E-state index contributed by atoms with van der Waals surface area (Å²) in [5.41, 5.74) is -11.8. The number of hydrogen-bond donors (Lipinski definition) is 0. The van der Waals surface area contributed by atoms with Gasteiger partial charge < -0.3 is 0 Å². The third kappa shape index (κ3) is 7.26. The number of halogens is 21. The maximum Gasteiger partial charge on any atom is 0.212 e. The van der Waals surface area contributed by atoms with Gasteiger partial charge in [-0.25, -0.2) is 87.8 Å². The summed E-state index contributed by atoms with van der Waals surface area (Å²) in [7, 11) is 0. The number of fused-ring (bicyclic) bond motifs is 1. The van der Waals surface area contributed by atoms with Crippen LogP contribution in [0.2, 0.25) is 5.02 Å². The highest BCUT2D eigenvalue weighted by Gasteiger charge is 2.52. The molecule has 0 spiro atoms. The molecule has 0 radical (unpaired) electrons. The lowest BCUT2D eigenvalue weighted by molar-refractivity contribution is -0.662. The monoisotopic (exact) mass is 933 g/mol. The summed E-state index contributed by atoms with van der Waals surface area (Å²) in [6.07, 6.45) is -5.12. The predicted octanol–water partition coefficient (Wildman–Crippen LogP) is 9.67. The van der Waals surface area contributed by atoms with E-state index in [4.69, 9.17) is 11.6 Å². The van der Waals surface area contributed by atoms with Crippen molar-refractivity contribution in [3.63, 3.8) is 0 Å². The highest BCUT2D eigenvalue weighted by Crippen LogP contribution is 2.31. The van der Waals surface area contributed by atoms with Crippen LogP contribution in [0.1, 0.15) is 5.56 Å². The molecule has 0 unspecified atom stereocenters. The minimum Gasteiger partial charge on any atom is -0.207 e. The van der Waals surface area contributed by atoms with E-state index >= 15 is 35.1 Å². The van der Waals surface area contributed by atoms with Gasteiger partial charge in [-0.2, -0.15) is 4.57 Å². The topological polar surface area (TPSA) is 3.88 Å². The first kappa shape index (κ1) is 46.2. The van der Waals surface area contributed by atoms with Gasteiger partial charge in [-0.15, -0.1) is 21.9 Å². The Morgan fingerprint density at radius 2 is 0.651 bits per heavy atom. The van der Waals surface area contributed by atoms with Gasteiger partial charge in [0.2, 0.25) is 5.52 Å². The zero-order valence-corrected chi connectivity index (χ0v) is 30.8. The Hall–Kier alpha value is -6.32. The Labute approximate surface area is 342 Å². The molecule has 0 saturated heterocycles. The van der Waals surface area contributed by atoms with Crippen molar-refractivity contribution in [2.45, 2.75) is 6.54 Å². The number of benzene rings is 6. The molecule has 0 N–H and O–H groups in total. The van der Waals surface area contributed by atoms with Crippen molar-refractivity contribution in [2.24, 2.45) is 0 Å². The van der Waals surface area contributed by atoms with Crippen molar-refractivity contribution in [2.75, 3.05) is 0 Å². The third-order valence-corrected chi connectivity index (χ3v) is 9.98. The summed E-state index contributed by atoms with van der Waals surface area (Å²) in [6.45, 7) is 0.875. The number of nitrogens with zero attached hydrogens (tertiary/aromatic N) is 1. The van der Waals surface area contributed by atoms with Crippen molar-refractivity contribution in [1.82, 2.24) is 0 Å². The fraction of sp³-hybridized carbons (Fsp3) is 0.0250. The molecule has 328 valence electrons. The van der Waals surface area contributed by atoms with E-state index in [2.05, 4.69) is 53.2 Å².